The maximum atomic E-state index is 12.2. The van der Waals surface area contributed by atoms with Gasteiger partial charge in [0, 0.05) is 5.54 Å². The highest BCUT2D eigenvalue weighted by Gasteiger charge is 2.56. The maximum absolute atomic E-state index is 12.2. The van der Waals surface area contributed by atoms with E-state index in [9.17, 15) is 4.79 Å². The maximum Gasteiger partial charge on any atom is 0.306 e. The normalized spacial score (nSPS) is 44.4. The first kappa shape index (κ1) is 13.4. The van der Waals surface area contributed by atoms with Crippen LogP contribution < -0.4 is 5.73 Å². The van der Waals surface area contributed by atoms with Crippen LogP contribution in [0.5, 0.6) is 0 Å². The molecule has 0 spiro atoms. The van der Waals surface area contributed by atoms with Crippen LogP contribution in [0, 0.1) is 17.3 Å². The van der Waals surface area contributed by atoms with Crippen LogP contribution in [0.2, 0.25) is 0 Å². The Morgan fingerprint density at radius 2 is 1.79 bits per heavy atom. The first-order valence-electron chi connectivity index (χ1n) is 7.68. The quantitative estimate of drug-likeness (QED) is 0.781. The zero-order valence-corrected chi connectivity index (χ0v) is 12.5. The molecule has 3 nitrogen and oxygen atoms in total. The molecule has 2 atom stereocenters. The molecule has 0 saturated heterocycles. The number of carbonyl (C=O) groups is 1. The smallest absolute Gasteiger partial charge is 0.306 e. The van der Waals surface area contributed by atoms with Crippen LogP contribution in [-0.2, 0) is 9.53 Å². The Bertz CT molecular complexity index is 382. The van der Waals surface area contributed by atoms with Crippen molar-refractivity contribution in [3.63, 3.8) is 0 Å². The van der Waals surface area contributed by atoms with E-state index >= 15 is 0 Å². The molecule has 4 aliphatic carbocycles. The van der Waals surface area contributed by atoms with Gasteiger partial charge in [-0.05, 0) is 76.5 Å². The molecule has 4 aliphatic rings. The number of nitrogens with two attached hydrogens (primary N) is 1. The lowest BCUT2D eigenvalue weighted by Gasteiger charge is -2.60. The highest BCUT2D eigenvalue weighted by Crippen LogP contribution is 2.62. The molecular weight excluding hydrogens is 238 g/mol. The van der Waals surface area contributed by atoms with Gasteiger partial charge in [0.15, 0.2) is 0 Å². The van der Waals surface area contributed by atoms with Crippen molar-refractivity contribution in [1.82, 2.24) is 0 Å². The van der Waals surface area contributed by atoms with E-state index in [0.717, 1.165) is 18.3 Å². The summed E-state index contributed by atoms with van der Waals surface area (Å²) in [4.78, 5) is 12.2. The van der Waals surface area contributed by atoms with Crippen LogP contribution in [0.15, 0.2) is 0 Å². The van der Waals surface area contributed by atoms with E-state index in [1.54, 1.807) is 0 Å². The lowest BCUT2D eigenvalue weighted by atomic mass is 9.46. The van der Waals surface area contributed by atoms with Gasteiger partial charge < -0.3 is 10.5 Å². The van der Waals surface area contributed by atoms with Gasteiger partial charge in [-0.15, -0.1) is 0 Å². The van der Waals surface area contributed by atoms with E-state index < -0.39 is 0 Å². The first-order valence-corrected chi connectivity index (χ1v) is 7.68. The summed E-state index contributed by atoms with van der Waals surface area (Å²) in [5.74, 6) is 1.49. The summed E-state index contributed by atoms with van der Waals surface area (Å²) in [6.07, 6.45) is 7.71. The summed E-state index contributed by atoms with van der Waals surface area (Å²) in [6, 6.07) is 0. The molecule has 0 aliphatic heterocycles. The minimum absolute atomic E-state index is 0.0199. The zero-order chi connectivity index (χ0) is 13.9. The molecular formula is C16H27NO2. The second-order valence-electron chi connectivity index (χ2n) is 8.59. The fraction of sp³-hybridized carbons (Fsp3) is 0.938. The van der Waals surface area contributed by atoms with Gasteiger partial charge in [-0.25, -0.2) is 0 Å². The molecule has 0 aromatic rings. The van der Waals surface area contributed by atoms with E-state index in [2.05, 4.69) is 0 Å². The van der Waals surface area contributed by atoms with Crippen LogP contribution in [0.25, 0.3) is 0 Å². The highest BCUT2D eigenvalue weighted by molar-refractivity contribution is 5.71. The lowest BCUT2D eigenvalue weighted by Crippen LogP contribution is -2.60. The van der Waals surface area contributed by atoms with Crippen LogP contribution in [0.3, 0.4) is 0 Å². The van der Waals surface area contributed by atoms with Crippen molar-refractivity contribution in [3.8, 4) is 0 Å². The summed E-state index contributed by atoms with van der Waals surface area (Å²) in [5.41, 5.74) is 6.36. The van der Waals surface area contributed by atoms with Crippen molar-refractivity contribution in [2.24, 2.45) is 23.0 Å². The number of hydrogen-bond donors (Lipinski definition) is 1. The fourth-order valence-corrected chi connectivity index (χ4v) is 5.42. The number of esters is 1. The van der Waals surface area contributed by atoms with Gasteiger partial charge >= 0.3 is 5.97 Å². The molecule has 0 aromatic carbocycles. The average molecular weight is 265 g/mol. The Kier molecular flexibility index (Phi) is 2.80. The fourth-order valence-electron chi connectivity index (χ4n) is 5.42. The van der Waals surface area contributed by atoms with E-state index in [1.807, 2.05) is 20.8 Å². The monoisotopic (exact) mass is 265 g/mol. The number of carbonyl (C=O) groups excluding carboxylic acids is 1. The largest absolute Gasteiger partial charge is 0.460 e. The van der Waals surface area contributed by atoms with Gasteiger partial charge in [-0.2, -0.15) is 0 Å². The molecule has 0 amide bonds. The van der Waals surface area contributed by atoms with Crippen molar-refractivity contribution < 1.29 is 9.53 Å². The SMILES string of the molecule is CC(C)(C)OC(=O)CC12CC3CC(CC(N)(C3)C1)C2. The topological polar surface area (TPSA) is 52.3 Å². The van der Waals surface area contributed by atoms with Gasteiger partial charge in [0.1, 0.15) is 5.60 Å². The zero-order valence-electron chi connectivity index (χ0n) is 12.5. The lowest BCUT2D eigenvalue weighted by molar-refractivity contribution is -0.163. The van der Waals surface area contributed by atoms with Crippen molar-refractivity contribution in [1.29, 1.82) is 0 Å². The van der Waals surface area contributed by atoms with Crippen molar-refractivity contribution >= 4 is 5.97 Å². The number of rotatable bonds is 2. The van der Waals surface area contributed by atoms with Crippen molar-refractivity contribution in [2.75, 3.05) is 0 Å². The Morgan fingerprint density at radius 1 is 1.21 bits per heavy atom. The Morgan fingerprint density at radius 3 is 2.26 bits per heavy atom. The molecule has 4 fully saturated rings. The molecule has 0 aromatic heterocycles. The Balaban J connectivity index is 1.72. The molecule has 19 heavy (non-hydrogen) atoms. The third kappa shape index (κ3) is 2.67. The number of hydrogen-bond acceptors (Lipinski definition) is 3. The third-order valence-corrected chi connectivity index (χ3v) is 5.17. The summed E-state index contributed by atoms with van der Waals surface area (Å²) >= 11 is 0. The van der Waals surface area contributed by atoms with Gasteiger partial charge in [0.25, 0.3) is 0 Å². The van der Waals surface area contributed by atoms with E-state index in [4.69, 9.17) is 10.5 Å². The molecule has 3 heteroatoms. The second kappa shape index (κ2) is 3.97. The molecule has 2 unspecified atom stereocenters. The molecule has 4 rings (SSSR count). The third-order valence-electron chi connectivity index (χ3n) is 5.17. The van der Waals surface area contributed by atoms with Crippen LogP contribution in [-0.4, -0.2) is 17.1 Å². The predicted molar refractivity (Wildman–Crippen MR) is 74.5 cm³/mol. The highest BCUT2D eigenvalue weighted by atomic mass is 16.6. The van der Waals surface area contributed by atoms with Gasteiger partial charge in [0.05, 0.1) is 6.42 Å². The summed E-state index contributed by atoms with van der Waals surface area (Å²) in [5, 5.41) is 0. The molecule has 0 radical (unpaired) electrons. The van der Waals surface area contributed by atoms with Gasteiger partial charge in [-0.1, -0.05) is 0 Å². The van der Waals surface area contributed by atoms with Crippen molar-refractivity contribution in [3.05, 3.63) is 0 Å². The van der Waals surface area contributed by atoms with Crippen molar-refractivity contribution in [2.45, 2.75) is 76.9 Å². The van der Waals surface area contributed by atoms with Crippen LogP contribution in [0.1, 0.15) is 65.7 Å². The van der Waals surface area contributed by atoms with E-state index in [1.165, 1.54) is 32.1 Å². The minimum Gasteiger partial charge on any atom is -0.460 e. The predicted octanol–water partition coefficient (Wildman–Crippen LogP) is 3.02. The van der Waals surface area contributed by atoms with Crippen LogP contribution >= 0.6 is 0 Å². The average Bonchev–Trinajstić information content (AvgIpc) is 2.06. The summed E-state index contributed by atoms with van der Waals surface area (Å²) in [6.45, 7) is 5.82. The minimum atomic E-state index is -0.375. The first-order chi connectivity index (χ1) is 8.67. The Labute approximate surface area is 116 Å². The molecule has 2 N–H and O–H groups in total. The molecule has 4 bridgehead atoms. The number of ether oxygens (including phenoxy) is 1. The second-order valence-corrected chi connectivity index (χ2v) is 8.59. The van der Waals surface area contributed by atoms with Crippen LogP contribution in [0.4, 0.5) is 0 Å². The summed E-state index contributed by atoms with van der Waals surface area (Å²) < 4.78 is 5.53. The van der Waals surface area contributed by atoms with E-state index in [-0.39, 0.29) is 22.5 Å². The van der Waals surface area contributed by atoms with Gasteiger partial charge in [-0.3, -0.25) is 4.79 Å². The van der Waals surface area contributed by atoms with E-state index in [0.29, 0.717) is 6.42 Å². The molecule has 0 heterocycles. The molecule has 108 valence electrons. The summed E-state index contributed by atoms with van der Waals surface area (Å²) in [7, 11) is 0. The molecule has 4 saturated carbocycles. The Hall–Kier alpha value is -0.570. The van der Waals surface area contributed by atoms with Gasteiger partial charge in [0.2, 0.25) is 0 Å². The standard InChI is InChI=1S/C16H27NO2/c1-14(2,3)19-13(18)9-15-5-11-4-12(6-15)8-16(17,7-11)10-15/h11-12H,4-10,17H2,1-3H3.